The maximum atomic E-state index is 13.2. The van der Waals surface area contributed by atoms with E-state index in [1.807, 2.05) is 17.0 Å². The zero-order chi connectivity index (χ0) is 19.4. The van der Waals surface area contributed by atoms with Gasteiger partial charge < -0.3 is 10.0 Å². The Kier molecular flexibility index (Phi) is 6.06. The first-order valence-electron chi connectivity index (χ1n) is 9.37. The molecule has 27 heavy (non-hydrogen) atoms. The Morgan fingerprint density at radius 2 is 1.96 bits per heavy atom. The number of aromatic hydroxyl groups is 1. The summed E-state index contributed by atoms with van der Waals surface area (Å²) in [6, 6.07) is 9.87. The van der Waals surface area contributed by atoms with E-state index < -0.39 is 0 Å². The Labute approximate surface area is 159 Å². The summed E-state index contributed by atoms with van der Waals surface area (Å²) in [5, 5.41) is 9.38. The highest BCUT2D eigenvalue weighted by Gasteiger charge is 2.30. The molecule has 1 fully saturated rings. The van der Waals surface area contributed by atoms with Crippen molar-refractivity contribution in [2.75, 3.05) is 19.6 Å². The molecule has 2 heterocycles. The second-order valence-electron chi connectivity index (χ2n) is 7.41. The highest BCUT2D eigenvalue weighted by Crippen LogP contribution is 2.21. The molecule has 3 rings (SSSR count). The number of hydrogen-bond donors (Lipinski definition) is 1. The van der Waals surface area contributed by atoms with E-state index in [2.05, 4.69) is 23.7 Å². The second-order valence-corrected chi connectivity index (χ2v) is 7.41. The molecule has 0 saturated carbocycles. The number of aromatic nitrogens is 1. The van der Waals surface area contributed by atoms with Crippen LogP contribution in [0.5, 0.6) is 5.75 Å². The van der Waals surface area contributed by atoms with E-state index in [9.17, 15) is 14.3 Å². The molecular weight excluding hydrogens is 345 g/mol. The minimum absolute atomic E-state index is 0.0490. The standard InChI is InChI=1S/C21H26FN3O2/c1-15(2)20-14-25(21(27)19-9-8-18(26)12-23-19)11-3-10-24(20)13-16-4-6-17(22)7-5-16/h4-9,12,15,20,26H,3,10-11,13-14H2,1-2H3/t20-/m0/s1. The molecule has 0 aliphatic carbocycles. The second kappa shape index (κ2) is 8.48. The van der Waals surface area contributed by atoms with Gasteiger partial charge in [-0.1, -0.05) is 26.0 Å². The highest BCUT2D eigenvalue weighted by molar-refractivity contribution is 5.92. The summed E-state index contributed by atoms with van der Waals surface area (Å²) >= 11 is 0. The highest BCUT2D eigenvalue weighted by atomic mass is 19.1. The van der Waals surface area contributed by atoms with Gasteiger partial charge in [-0.2, -0.15) is 0 Å². The Morgan fingerprint density at radius 3 is 2.59 bits per heavy atom. The normalized spacial score (nSPS) is 18.5. The molecule has 1 saturated heterocycles. The van der Waals surface area contributed by atoms with Crippen molar-refractivity contribution in [2.45, 2.75) is 32.9 Å². The Hall–Kier alpha value is -2.47. The number of nitrogens with zero attached hydrogens (tertiary/aromatic N) is 3. The van der Waals surface area contributed by atoms with Crippen molar-refractivity contribution in [3.05, 3.63) is 59.7 Å². The van der Waals surface area contributed by atoms with Gasteiger partial charge in [0.2, 0.25) is 0 Å². The van der Waals surface area contributed by atoms with Crippen LogP contribution in [0.1, 0.15) is 36.3 Å². The number of rotatable bonds is 4. The molecule has 1 aliphatic heterocycles. The lowest BCUT2D eigenvalue weighted by atomic mass is 10.0. The van der Waals surface area contributed by atoms with Gasteiger partial charge in [-0.15, -0.1) is 0 Å². The summed E-state index contributed by atoms with van der Waals surface area (Å²) in [7, 11) is 0. The maximum Gasteiger partial charge on any atom is 0.272 e. The van der Waals surface area contributed by atoms with Gasteiger partial charge in [-0.3, -0.25) is 9.69 Å². The molecule has 1 N–H and O–H groups in total. The molecule has 1 atom stereocenters. The first-order chi connectivity index (χ1) is 12.9. The average Bonchev–Trinajstić information content (AvgIpc) is 2.86. The summed E-state index contributed by atoms with van der Waals surface area (Å²) in [5.41, 5.74) is 1.42. The molecular formula is C21H26FN3O2. The van der Waals surface area contributed by atoms with Crippen LogP contribution in [-0.2, 0) is 6.54 Å². The molecule has 0 spiro atoms. The van der Waals surface area contributed by atoms with Crippen LogP contribution in [0, 0.1) is 11.7 Å². The smallest absolute Gasteiger partial charge is 0.272 e. The summed E-state index contributed by atoms with van der Waals surface area (Å²) in [6.45, 7) is 7.24. The van der Waals surface area contributed by atoms with Crippen molar-refractivity contribution in [1.29, 1.82) is 0 Å². The van der Waals surface area contributed by atoms with Gasteiger partial charge >= 0.3 is 0 Å². The van der Waals surface area contributed by atoms with E-state index in [1.54, 1.807) is 6.07 Å². The van der Waals surface area contributed by atoms with Gasteiger partial charge in [0, 0.05) is 32.2 Å². The SMILES string of the molecule is CC(C)[C@@H]1CN(C(=O)c2ccc(O)cn2)CCCN1Cc1ccc(F)cc1. The molecule has 5 nitrogen and oxygen atoms in total. The molecule has 1 amide bonds. The van der Waals surface area contributed by atoms with Gasteiger partial charge in [0.1, 0.15) is 17.3 Å². The van der Waals surface area contributed by atoms with Crippen LogP contribution >= 0.6 is 0 Å². The van der Waals surface area contributed by atoms with Gasteiger partial charge in [0.15, 0.2) is 0 Å². The van der Waals surface area contributed by atoms with Crippen LogP contribution in [0.25, 0.3) is 0 Å². The summed E-state index contributed by atoms with van der Waals surface area (Å²) < 4.78 is 13.2. The molecule has 1 aromatic carbocycles. The van der Waals surface area contributed by atoms with Crippen molar-refractivity contribution >= 4 is 5.91 Å². The minimum atomic E-state index is -0.229. The van der Waals surface area contributed by atoms with Crippen LogP contribution in [0.15, 0.2) is 42.6 Å². The fraction of sp³-hybridized carbons (Fsp3) is 0.429. The molecule has 0 bridgehead atoms. The van der Waals surface area contributed by atoms with Crippen LogP contribution in [-0.4, -0.2) is 51.5 Å². The minimum Gasteiger partial charge on any atom is -0.506 e. The van der Waals surface area contributed by atoms with Crippen molar-refractivity contribution in [2.24, 2.45) is 5.92 Å². The fourth-order valence-corrected chi connectivity index (χ4v) is 3.58. The number of carbonyl (C=O) groups is 1. The number of amides is 1. The third-order valence-electron chi connectivity index (χ3n) is 5.07. The Bertz CT molecular complexity index is 762. The topological polar surface area (TPSA) is 56.7 Å². The third kappa shape index (κ3) is 4.83. The predicted octanol–water partition coefficient (Wildman–Crippen LogP) is 3.30. The number of halogens is 1. The van der Waals surface area contributed by atoms with Crippen LogP contribution < -0.4 is 0 Å². The zero-order valence-corrected chi connectivity index (χ0v) is 15.8. The van der Waals surface area contributed by atoms with Gasteiger partial charge in [-0.05, 0) is 42.2 Å². The molecule has 1 aliphatic rings. The number of carbonyl (C=O) groups excluding carboxylic acids is 1. The number of benzene rings is 1. The van der Waals surface area contributed by atoms with Crippen molar-refractivity contribution in [3.63, 3.8) is 0 Å². The van der Waals surface area contributed by atoms with Crippen molar-refractivity contribution < 1.29 is 14.3 Å². The first-order valence-corrected chi connectivity index (χ1v) is 9.37. The summed E-state index contributed by atoms with van der Waals surface area (Å²) in [6.07, 6.45) is 2.17. The van der Waals surface area contributed by atoms with E-state index in [0.717, 1.165) is 25.1 Å². The van der Waals surface area contributed by atoms with Crippen LogP contribution in [0.2, 0.25) is 0 Å². The molecule has 0 unspecified atom stereocenters. The zero-order valence-electron chi connectivity index (χ0n) is 15.8. The summed E-state index contributed by atoms with van der Waals surface area (Å²) in [4.78, 5) is 21.2. The monoisotopic (exact) mass is 371 g/mol. The Balaban J connectivity index is 1.75. The maximum absolute atomic E-state index is 13.2. The molecule has 144 valence electrons. The van der Waals surface area contributed by atoms with Crippen molar-refractivity contribution in [1.82, 2.24) is 14.8 Å². The predicted molar refractivity (Wildman–Crippen MR) is 102 cm³/mol. The molecule has 2 aromatic rings. The first kappa shape index (κ1) is 19.3. The Morgan fingerprint density at radius 1 is 1.22 bits per heavy atom. The lowest BCUT2D eigenvalue weighted by molar-refractivity contribution is 0.0696. The third-order valence-corrected chi connectivity index (χ3v) is 5.07. The quantitative estimate of drug-likeness (QED) is 0.896. The largest absolute Gasteiger partial charge is 0.506 e. The van der Waals surface area contributed by atoms with E-state index in [0.29, 0.717) is 24.7 Å². The van der Waals surface area contributed by atoms with Gasteiger partial charge in [0.25, 0.3) is 5.91 Å². The van der Waals surface area contributed by atoms with E-state index in [4.69, 9.17) is 0 Å². The van der Waals surface area contributed by atoms with Crippen LogP contribution in [0.4, 0.5) is 4.39 Å². The molecule has 0 radical (unpaired) electrons. The molecule has 6 heteroatoms. The van der Waals surface area contributed by atoms with E-state index >= 15 is 0 Å². The van der Waals surface area contributed by atoms with Crippen molar-refractivity contribution in [3.8, 4) is 5.75 Å². The summed E-state index contributed by atoms with van der Waals surface area (Å²) in [5.74, 6) is 0.0806. The fourth-order valence-electron chi connectivity index (χ4n) is 3.58. The van der Waals surface area contributed by atoms with Gasteiger partial charge in [0.05, 0.1) is 6.20 Å². The lowest BCUT2D eigenvalue weighted by Crippen LogP contribution is -2.45. The number of hydrogen-bond acceptors (Lipinski definition) is 4. The number of pyridine rings is 1. The van der Waals surface area contributed by atoms with Crippen LogP contribution in [0.3, 0.4) is 0 Å². The van der Waals surface area contributed by atoms with E-state index in [-0.39, 0.29) is 23.5 Å². The molecule has 1 aromatic heterocycles. The van der Waals surface area contributed by atoms with Gasteiger partial charge in [-0.25, -0.2) is 9.37 Å². The van der Waals surface area contributed by atoms with E-state index in [1.165, 1.54) is 24.4 Å². The average molecular weight is 371 g/mol. The lowest BCUT2D eigenvalue weighted by Gasteiger charge is -2.34.